The minimum absolute atomic E-state index is 0.0353. The van der Waals surface area contributed by atoms with Gasteiger partial charge in [0.1, 0.15) is 0 Å². The second-order valence-corrected chi connectivity index (χ2v) is 6.64. The molecular weight excluding hydrogens is 184 g/mol. The zero-order chi connectivity index (χ0) is 11.5. The summed E-state index contributed by atoms with van der Waals surface area (Å²) in [5.74, 6) is 1.10. The van der Waals surface area contributed by atoms with Gasteiger partial charge in [0, 0.05) is 0 Å². The number of hydrogen-bond acceptors (Lipinski definition) is 1. The zero-order valence-electron chi connectivity index (χ0n) is 10.5. The standard InChI is InChI=1S/C14H24O/c1-6-9-14(15)11-8-7-10(12(11,2)3)13(14,4)5/h6,10-11,15H,1,7-9H2,2-5H3/t10-,11+,14+/m0/s1. The van der Waals surface area contributed by atoms with Gasteiger partial charge in [-0.15, -0.1) is 6.58 Å². The quantitative estimate of drug-likeness (QED) is 0.690. The summed E-state index contributed by atoms with van der Waals surface area (Å²) in [4.78, 5) is 0. The Balaban J connectivity index is 2.46. The first-order valence-corrected chi connectivity index (χ1v) is 6.11. The van der Waals surface area contributed by atoms with Crippen LogP contribution in [0.4, 0.5) is 0 Å². The van der Waals surface area contributed by atoms with Crippen molar-refractivity contribution < 1.29 is 5.11 Å². The van der Waals surface area contributed by atoms with E-state index in [1.54, 1.807) is 0 Å². The van der Waals surface area contributed by atoms with Crippen molar-refractivity contribution in [2.24, 2.45) is 22.7 Å². The van der Waals surface area contributed by atoms with Crippen LogP contribution in [0.2, 0.25) is 0 Å². The number of aliphatic hydroxyl groups is 1. The van der Waals surface area contributed by atoms with Crippen LogP contribution in [-0.4, -0.2) is 10.7 Å². The molecule has 0 spiro atoms. The maximum Gasteiger partial charge on any atom is 0.0768 e. The van der Waals surface area contributed by atoms with Gasteiger partial charge in [-0.25, -0.2) is 0 Å². The lowest BCUT2D eigenvalue weighted by molar-refractivity contribution is -0.104. The highest BCUT2D eigenvalue weighted by Gasteiger charge is 2.69. The lowest BCUT2D eigenvalue weighted by Crippen LogP contribution is -2.49. The van der Waals surface area contributed by atoms with Crippen molar-refractivity contribution >= 4 is 0 Å². The molecule has 2 bridgehead atoms. The molecule has 0 amide bonds. The van der Waals surface area contributed by atoms with Crippen molar-refractivity contribution in [1.82, 2.24) is 0 Å². The van der Waals surface area contributed by atoms with Crippen LogP contribution in [0.15, 0.2) is 12.7 Å². The van der Waals surface area contributed by atoms with Crippen molar-refractivity contribution in [2.75, 3.05) is 0 Å². The van der Waals surface area contributed by atoms with Crippen molar-refractivity contribution in [2.45, 2.75) is 52.6 Å². The van der Waals surface area contributed by atoms with Gasteiger partial charge in [-0.1, -0.05) is 33.8 Å². The largest absolute Gasteiger partial charge is 0.389 e. The molecule has 0 aromatic heterocycles. The van der Waals surface area contributed by atoms with E-state index >= 15 is 0 Å². The van der Waals surface area contributed by atoms with Crippen LogP contribution in [0.5, 0.6) is 0 Å². The van der Waals surface area contributed by atoms with Crippen LogP contribution in [-0.2, 0) is 0 Å². The monoisotopic (exact) mass is 208 g/mol. The maximum absolute atomic E-state index is 11.0. The SMILES string of the molecule is C=CC[C@@]1(O)[C@@H]2CC[C@@H](C2(C)C)C1(C)C. The first-order valence-electron chi connectivity index (χ1n) is 6.11. The predicted molar refractivity (Wildman–Crippen MR) is 63.5 cm³/mol. The van der Waals surface area contributed by atoms with E-state index in [2.05, 4.69) is 34.3 Å². The molecule has 0 radical (unpaired) electrons. The van der Waals surface area contributed by atoms with Crippen molar-refractivity contribution in [1.29, 1.82) is 0 Å². The van der Waals surface area contributed by atoms with E-state index < -0.39 is 5.60 Å². The predicted octanol–water partition coefficient (Wildman–Crippen LogP) is 3.39. The molecule has 0 aromatic carbocycles. The molecule has 0 aliphatic heterocycles. The Morgan fingerprint density at radius 3 is 2.13 bits per heavy atom. The third-order valence-electron chi connectivity index (χ3n) is 5.56. The summed E-state index contributed by atoms with van der Waals surface area (Å²) < 4.78 is 0. The van der Waals surface area contributed by atoms with E-state index in [1.807, 2.05) is 6.08 Å². The number of rotatable bonds is 2. The fraction of sp³-hybridized carbons (Fsp3) is 0.857. The third kappa shape index (κ3) is 1.08. The fourth-order valence-corrected chi connectivity index (χ4v) is 4.84. The van der Waals surface area contributed by atoms with Gasteiger partial charge in [0.05, 0.1) is 5.60 Å². The lowest BCUT2D eigenvalue weighted by Gasteiger charge is -2.45. The summed E-state index contributed by atoms with van der Waals surface area (Å²) in [6.07, 6.45) is 5.10. The Bertz CT molecular complexity index is 290. The van der Waals surface area contributed by atoms with Gasteiger partial charge in [-0.2, -0.15) is 0 Å². The highest BCUT2D eigenvalue weighted by molar-refractivity contribution is 5.20. The normalized spacial score (nSPS) is 45.7. The summed E-state index contributed by atoms with van der Waals surface area (Å²) in [5.41, 5.74) is -0.198. The van der Waals surface area contributed by atoms with Crippen molar-refractivity contribution in [3.05, 3.63) is 12.7 Å². The Morgan fingerprint density at radius 2 is 1.73 bits per heavy atom. The topological polar surface area (TPSA) is 20.2 Å². The molecule has 3 atom stereocenters. The van der Waals surface area contributed by atoms with E-state index in [-0.39, 0.29) is 5.41 Å². The van der Waals surface area contributed by atoms with E-state index in [0.717, 1.165) is 6.42 Å². The Labute approximate surface area is 93.6 Å². The average molecular weight is 208 g/mol. The van der Waals surface area contributed by atoms with Gasteiger partial charge in [0.2, 0.25) is 0 Å². The van der Waals surface area contributed by atoms with Gasteiger partial charge in [-0.05, 0) is 41.9 Å². The summed E-state index contributed by atoms with van der Waals surface area (Å²) in [5, 5.41) is 11.0. The summed E-state index contributed by atoms with van der Waals surface area (Å²) in [7, 11) is 0. The lowest BCUT2D eigenvalue weighted by atomic mass is 9.64. The van der Waals surface area contributed by atoms with Crippen LogP contribution >= 0.6 is 0 Å². The molecule has 1 heteroatoms. The molecule has 0 aromatic rings. The van der Waals surface area contributed by atoms with E-state index in [4.69, 9.17) is 0 Å². The van der Waals surface area contributed by atoms with Crippen LogP contribution in [0.1, 0.15) is 47.0 Å². The van der Waals surface area contributed by atoms with Crippen molar-refractivity contribution in [3.63, 3.8) is 0 Å². The highest BCUT2D eigenvalue weighted by atomic mass is 16.3. The number of hydrogen-bond donors (Lipinski definition) is 1. The second kappa shape index (κ2) is 2.88. The minimum Gasteiger partial charge on any atom is -0.389 e. The van der Waals surface area contributed by atoms with Crippen LogP contribution in [0.25, 0.3) is 0 Å². The number of fused-ring (bicyclic) bond motifs is 2. The Morgan fingerprint density at radius 1 is 1.20 bits per heavy atom. The average Bonchev–Trinajstić information content (AvgIpc) is 2.44. The molecule has 2 saturated carbocycles. The Kier molecular flexibility index (Phi) is 2.15. The van der Waals surface area contributed by atoms with Crippen LogP contribution in [0.3, 0.4) is 0 Å². The molecule has 1 N–H and O–H groups in total. The molecule has 2 rings (SSSR count). The van der Waals surface area contributed by atoms with E-state index in [9.17, 15) is 5.11 Å². The maximum atomic E-state index is 11.0. The molecule has 2 fully saturated rings. The first kappa shape index (κ1) is 11.2. The summed E-state index contributed by atoms with van der Waals surface area (Å²) in [6.45, 7) is 12.9. The zero-order valence-corrected chi connectivity index (χ0v) is 10.5. The van der Waals surface area contributed by atoms with Gasteiger partial charge in [-0.3, -0.25) is 0 Å². The van der Waals surface area contributed by atoms with Gasteiger partial charge < -0.3 is 5.11 Å². The fourth-order valence-electron chi connectivity index (χ4n) is 4.84. The molecular formula is C14H24O. The molecule has 0 unspecified atom stereocenters. The molecule has 2 aliphatic rings. The summed E-state index contributed by atoms with van der Waals surface area (Å²) in [6, 6.07) is 0. The summed E-state index contributed by atoms with van der Waals surface area (Å²) >= 11 is 0. The molecule has 0 saturated heterocycles. The van der Waals surface area contributed by atoms with Crippen molar-refractivity contribution in [3.8, 4) is 0 Å². The molecule has 15 heavy (non-hydrogen) atoms. The smallest absolute Gasteiger partial charge is 0.0768 e. The first-order chi connectivity index (χ1) is 6.78. The third-order valence-corrected chi connectivity index (χ3v) is 5.56. The van der Waals surface area contributed by atoms with E-state index in [0.29, 0.717) is 17.3 Å². The van der Waals surface area contributed by atoms with Crippen LogP contribution in [0, 0.1) is 22.7 Å². The molecule has 86 valence electrons. The van der Waals surface area contributed by atoms with Crippen LogP contribution < -0.4 is 0 Å². The molecule has 1 nitrogen and oxygen atoms in total. The van der Waals surface area contributed by atoms with E-state index in [1.165, 1.54) is 12.8 Å². The highest BCUT2D eigenvalue weighted by Crippen LogP contribution is 2.70. The van der Waals surface area contributed by atoms with Gasteiger partial charge >= 0.3 is 0 Å². The molecule has 2 aliphatic carbocycles. The minimum atomic E-state index is -0.527. The Hall–Kier alpha value is -0.300. The second-order valence-electron chi connectivity index (χ2n) is 6.64. The van der Waals surface area contributed by atoms with Gasteiger partial charge in [0.15, 0.2) is 0 Å². The molecule has 0 heterocycles. The van der Waals surface area contributed by atoms with Gasteiger partial charge in [0.25, 0.3) is 0 Å².